The molecule has 0 amide bonds. The predicted octanol–water partition coefficient (Wildman–Crippen LogP) is 5.87. The van der Waals surface area contributed by atoms with Crippen LogP contribution < -0.4 is 0 Å². The van der Waals surface area contributed by atoms with Crippen LogP contribution in [0.2, 0.25) is 0 Å². The molecule has 108 valence electrons. The zero-order valence-corrected chi connectivity index (χ0v) is 13.0. The molecule has 0 aliphatic heterocycles. The van der Waals surface area contributed by atoms with Crippen molar-refractivity contribution in [1.82, 2.24) is 0 Å². The molecule has 1 aromatic rings. The molecule has 1 saturated carbocycles. The first-order valence-electron chi connectivity index (χ1n) is 8.47. The van der Waals surface area contributed by atoms with Gasteiger partial charge in [-0.05, 0) is 74.7 Å². The molecule has 3 rings (SSSR count). The minimum absolute atomic E-state index is 0.815. The van der Waals surface area contributed by atoms with Crippen molar-refractivity contribution < 1.29 is 0 Å². The second kappa shape index (κ2) is 6.16. The van der Waals surface area contributed by atoms with E-state index in [-0.39, 0.29) is 0 Å². The summed E-state index contributed by atoms with van der Waals surface area (Å²) in [6.07, 6.45) is 13.5. The van der Waals surface area contributed by atoms with E-state index in [4.69, 9.17) is 0 Å². The SMILES string of the molecule is Cc1ccc(C2CCC(C3C=CC(C)CC3)CC2)cc1. The van der Waals surface area contributed by atoms with Crippen LogP contribution in [0.4, 0.5) is 0 Å². The van der Waals surface area contributed by atoms with E-state index >= 15 is 0 Å². The van der Waals surface area contributed by atoms with Crippen molar-refractivity contribution in [2.45, 2.75) is 58.3 Å². The zero-order chi connectivity index (χ0) is 13.9. The van der Waals surface area contributed by atoms with Crippen LogP contribution in [0.25, 0.3) is 0 Å². The molecule has 1 aromatic carbocycles. The minimum atomic E-state index is 0.815. The van der Waals surface area contributed by atoms with E-state index in [1.54, 1.807) is 5.56 Å². The van der Waals surface area contributed by atoms with Crippen molar-refractivity contribution in [3.8, 4) is 0 Å². The van der Waals surface area contributed by atoms with Gasteiger partial charge in [-0.3, -0.25) is 0 Å². The number of rotatable bonds is 2. The van der Waals surface area contributed by atoms with Gasteiger partial charge in [0.15, 0.2) is 0 Å². The third-order valence-corrected chi connectivity index (χ3v) is 5.57. The van der Waals surface area contributed by atoms with Crippen molar-refractivity contribution in [2.24, 2.45) is 17.8 Å². The summed E-state index contributed by atoms with van der Waals surface area (Å²) < 4.78 is 0. The van der Waals surface area contributed by atoms with Crippen LogP contribution in [0, 0.1) is 24.7 Å². The summed E-state index contributed by atoms with van der Waals surface area (Å²) in [4.78, 5) is 0. The molecule has 0 saturated heterocycles. The minimum Gasteiger partial charge on any atom is -0.0854 e. The lowest BCUT2D eigenvalue weighted by molar-refractivity contribution is 0.242. The lowest BCUT2D eigenvalue weighted by Crippen LogP contribution is -2.22. The normalized spacial score (nSPS) is 34.1. The highest BCUT2D eigenvalue weighted by molar-refractivity contribution is 5.25. The van der Waals surface area contributed by atoms with Crippen molar-refractivity contribution >= 4 is 0 Å². The first-order chi connectivity index (χ1) is 9.72. The van der Waals surface area contributed by atoms with E-state index in [1.807, 2.05) is 0 Å². The summed E-state index contributed by atoms with van der Waals surface area (Å²) in [7, 11) is 0. The molecular formula is C20H28. The monoisotopic (exact) mass is 268 g/mol. The van der Waals surface area contributed by atoms with Crippen molar-refractivity contribution in [1.29, 1.82) is 0 Å². The Morgan fingerprint density at radius 3 is 2.10 bits per heavy atom. The smallest absolute Gasteiger partial charge is 0.0162 e. The topological polar surface area (TPSA) is 0 Å². The molecule has 2 atom stereocenters. The first-order valence-corrected chi connectivity index (χ1v) is 8.47. The Labute approximate surface area is 124 Å². The van der Waals surface area contributed by atoms with Gasteiger partial charge in [0.25, 0.3) is 0 Å². The van der Waals surface area contributed by atoms with E-state index in [2.05, 4.69) is 50.3 Å². The quantitative estimate of drug-likeness (QED) is 0.588. The van der Waals surface area contributed by atoms with Crippen molar-refractivity contribution in [3.05, 3.63) is 47.5 Å². The first kappa shape index (κ1) is 13.9. The van der Waals surface area contributed by atoms with Crippen molar-refractivity contribution in [3.63, 3.8) is 0 Å². The molecular weight excluding hydrogens is 240 g/mol. The molecule has 0 heterocycles. The maximum Gasteiger partial charge on any atom is -0.0162 e. The molecule has 0 nitrogen and oxygen atoms in total. The van der Waals surface area contributed by atoms with Gasteiger partial charge < -0.3 is 0 Å². The van der Waals surface area contributed by atoms with Crippen LogP contribution in [0.15, 0.2) is 36.4 Å². The van der Waals surface area contributed by atoms with Gasteiger partial charge in [-0.1, -0.05) is 48.9 Å². The van der Waals surface area contributed by atoms with Gasteiger partial charge in [0, 0.05) is 0 Å². The van der Waals surface area contributed by atoms with Crippen LogP contribution in [-0.2, 0) is 0 Å². The van der Waals surface area contributed by atoms with Crippen LogP contribution in [0.1, 0.15) is 62.5 Å². The average molecular weight is 268 g/mol. The Hall–Kier alpha value is -1.04. The molecule has 1 fully saturated rings. The maximum absolute atomic E-state index is 2.53. The second-order valence-corrected chi connectivity index (χ2v) is 7.13. The van der Waals surface area contributed by atoms with Crippen molar-refractivity contribution in [2.75, 3.05) is 0 Å². The summed E-state index contributed by atoms with van der Waals surface area (Å²) >= 11 is 0. The van der Waals surface area contributed by atoms with Crippen LogP contribution in [0.3, 0.4) is 0 Å². The number of hydrogen-bond donors (Lipinski definition) is 0. The van der Waals surface area contributed by atoms with Gasteiger partial charge in [-0.15, -0.1) is 0 Å². The van der Waals surface area contributed by atoms with Gasteiger partial charge in [-0.25, -0.2) is 0 Å². The largest absolute Gasteiger partial charge is 0.0854 e. The van der Waals surface area contributed by atoms with E-state index in [0.717, 1.165) is 23.7 Å². The number of aryl methyl sites for hydroxylation is 1. The van der Waals surface area contributed by atoms with Crippen LogP contribution in [-0.4, -0.2) is 0 Å². The van der Waals surface area contributed by atoms with Gasteiger partial charge in [0.2, 0.25) is 0 Å². The average Bonchev–Trinajstić information content (AvgIpc) is 2.49. The third-order valence-electron chi connectivity index (χ3n) is 5.57. The molecule has 2 aliphatic carbocycles. The summed E-state index contributed by atoms with van der Waals surface area (Å²) in [5, 5.41) is 0. The van der Waals surface area contributed by atoms with Gasteiger partial charge >= 0.3 is 0 Å². The Morgan fingerprint density at radius 2 is 1.50 bits per heavy atom. The number of benzene rings is 1. The highest BCUT2D eigenvalue weighted by atomic mass is 14.3. The highest BCUT2D eigenvalue weighted by Crippen LogP contribution is 2.41. The lowest BCUT2D eigenvalue weighted by atomic mass is 9.71. The molecule has 2 aliphatic rings. The summed E-state index contributed by atoms with van der Waals surface area (Å²) in [5.41, 5.74) is 2.95. The fourth-order valence-electron chi connectivity index (χ4n) is 4.09. The summed E-state index contributed by atoms with van der Waals surface area (Å²) in [6, 6.07) is 9.24. The summed E-state index contributed by atoms with van der Waals surface area (Å²) in [5.74, 6) is 3.47. The van der Waals surface area contributed by atoms with Crippen LogP contribution >= 0.6 is 0 Å². The summed E-state index contributed by atoms with van der Waals surface area (Å²) in [6.45, 7) is 4.53. The fraction of sp³-hybridized carbons (Fsp3) is 0.600. The van der Waals surface area contributed by atoms with Gasteiger partial charge in [0.1, 0.15) is 0 Å². The molecule has 20 heavy (non-hydrogen) atoms. The van der Waals surface area contributed by atoms with E-state index in [0.29, 0.717) is 0 Å². The standard InChI is InChI=1S/C20H28/c1-15-3-7-17(8-4-15)19-11-13-20(14-12-19)18-9-5-16(2)6-10-18/h3-5,7-9,16,18-20H,6,10-14H2,1-2H3. The molecule has 0 N–H and O–H groups in total. The molecule has 2 unspecified atom stereocenters. The highest BCUT2D eigenvalue weighted by Gasteiger charge is 2.28. The fourth-order valence-corrected chi connectivity index (χ4v) is 4.09. The molecule has 0 radical (unpaired) electrons. The van der Waals surface area contributed by atoms with Crippen LogP contribution in [0.5, 0.6) is 0 Å². The Bertz CT molecular complexity index is 445. The van der Waals surface area contributed by atoms with E-state index in [1.165, 1.54) is 44.1 Å². The van der Waals surface area contributed by atoms with Gasteiger partial charge in [-0.2, -0.15) is 0 Å². The third kappa shape index (κ3) is 3.16. The Morgan fingerprint density at radius 1 is 0.800 bits per heavy atom. The molecule has 0 aromatic heterocycles. The number of allylic oxidation sites excluding steroid dienone is 2. The van der Waals surface area contributed by atoms with Gasteiger partial charge in [0.05, 0.1) is 0 Å². The second-order valence-electron chi connectivity index (χ2n) is 7.13. The van der Waals surface area contributed by atoms with E-state index in [9.17, 15) is 0 Å². The molecule has 0 heteroatoms. The molecule has 0 bridgehead atoms. The lowest BCUT2D eigenvalue weighted by Gasteiger charge is -2.34. The molecule has 0 spiro atoms. The Kier molecular flexibility index (Phi) is 4.29. The van der Waals surface area contributed by atoms with E-state index < -0.39 is 0 Å². The zero-order valence-electron chi connectivity index (χ0n) is 13.0. The Balaban J connectivity index is 1.57. The maximum atomic E-state index is 2.53. The predicted molar refractivity (Wildman–Crippen MR) is 86.9 cm³/mol. The number of hydrogen-bond acceptors (Lipinski definition) is 0.